The molecule has 3 aromatic carbocycles. The summed E-state index contributed by atoms with van der Waals surface area (Å²) in [7, 11) is 0. The summed E-state index contributed by atoms with van der Waals surface area (Å²) >= 11 is 0. The molecule has 1 aliphatic heterocycles. The van der Waals surface area contributed by atoms with E-state index in [1.165, 1.54) is 24.3 Å². The Kier molecular flexibility index (Phi) is 5.89. The van der Waals surface area contributed by atoms with Gasteiger partial charge in [-0.2, -0.15) is 0 Å². The highest BCUT2D eigenvalue weighted by Crippen LogP contribution is 2.20. The molecule has 0 bridgehead atoms. The summed E-state index contributed by atoms with van der Waals surface area (Å²) in [6, 6.07) is 19.1. The fraction of sp³-hybridized carbons (Fsp3) is 0.160. The molecule has 0 atom stereocenters. The van der Waals surface area contributed by atoms with Crippen LogP contribution in [0.3, 0.4) is 0 Å². The topological polar surface area (TPSA) is 66.5 Å². The minimum atomic E-state index is -0.432. The Morgan fingerprint density at radius 1 is 0.935 bits per heavy atom. The van der Waals surface area contributed by atoms with Gasteiger partial charge in [0.15, 0.2) is 5.78 Å². The molecule has 0 unspecified atom stereocenters. The lowest BCUT2D eigenvalue weighted by Gasteiger charge is -2.16. The Hall–Kier alpha value is -3.80. The molecule has 0 aliphatic carbocycles. The van der Waals surface area contributed by atoms with Gasteiger partial charge < -0.3 is 10.2 Å². The first-order valence-corrected chi connectivity index (χ1v) is 10.1. The number of benzene rings is 3. The molecule has 1 aliphatic rings. The lowest BCUT2D eigenvalue weighted by atomic mass is 9.98. The molecule has 1 N–H and O–H groups in total. The van der Waals surface area contributed by atoms with E-state index in [-0.39, 0.29) is 22.8 Å². The van der Waals surface area contributed by atoms with Crippen LogP contribution in [0, 0.1) is 5.82 Å². The average molecular weight is 416 g/mol. The number of ketones is 1. The van der Waals surface area contributed by atoms with Gasteiger partial charge in [-0.15, -0.1) is 0 Å². The lowest BCUT2D eigenvalue weighted by molar-refractivity contribution is -0.128. The number of hydrogen-bond acceptors (Lipinski definition) is 3. The predicted octanol–water partition coefficient (Wildman–Crippen LogP) is 4.43. The van der Waals surface area contributed by atoms with Gasteiger partial charge in [-0.3, -0.25) is 14.4 Å². The van der Waals surface area contributed by atoms with Crippen LogP contribution in [0.15, 0.2) is 72.8 Å². The summed E-state index contributed by atoms with van der Waals surface area (Å²) in [6.45, 7) is 1.25. The molecule has 1 saturated heterocycles. The van der Waals surface area contributed by atoms with Gasteiger partial charge in [-0.25, -0.2) is 4.39 Å². The molecular weight excluding hydrogens is 395 g/mol. The number of nitrogens with one attached hydrogen (secondary N) is 1. The van der Waals surface area contributed by atoms with Crippen molar-refractivity contribution < 1.29 is 18.8 Å². The second kappa shape index (κ2) is 8.92. The van der Waals surface area contributed by atoms with Crippen LogP contribution in [0.25, 0.3) is 0 Å². The molecule has 0 aromatic heterocycles. The zero-order chi connectivity index (χ0) is 21.8. The van der Waals surface area contributed by atoms with E-state index in [2.05, 4.69) is 5.32 Å². The molecule has 3 aromatic rings. The Balaban J connectivity index is 1.53. The third-order valence-corrected chi connectivity index (χ3v) is 5.25. The van der Waals surface area contributed by atoms with Gasteiger partial charge >= 0.3 is 0 Å². The van der Waals surface area contributed by atoms with Gasteiger partial charge in [0.1, 0.15) is 5.82 Å². The summed E-state index contributed by atoms with van der Waals surface area (Å²) < 4.78 is 13.2. The summed E-state index contributed by atoms with van der Waals surface area (Å²) in [5.74, 6) is -1.06. The third-order valence-electron chi connectivity index (χ3n) is 5.25. The first-order valence-electron chi connectivity index (χ1n) is 10.1. The highest BCUT2D eigenvalue weighted by molar-refractivity contribution is 6.17. The molecule has 0 radical (unpaired) electrons. The SMILES string of the molecule is O=C(Nc1cccc(CN2CCCC2=O)c1)c1ccccc1C(=O)c1ccc(F)cc1. The van der Waals surface area contributed by atoms with Crippen LogP contribution >= 0.6 is 0 Å². The molecule has 156 valence electrons. The molecular formula is C25H21FN2O3. The molecule has 1 heterocycles. The van der Waals surface area contributed by atoms with Crippen LogP contribution in [-0.2, 0) is 11.3 Å². The van der Waals surface area contributed by atoms with Crippen molar-refractivity contribution in [3.05, 3.63) is 101 Å². The first-order chi connectivity index (χ1) is 15.0. The maximum Gasteiger partial charge on any atom is 0.256 e. The van der Waals surface area contributed by atoms with Gasteiger partial charge in [-0.1, -0.05) is 30.3 Å². The zero-order valence-corrected chi connectivity index (χ0v) is 16.8. The molecule has 5 nitrogen and oxygen atoms in total. The van der Waals surface area contributed by atoms with E-state index >= 15 is 0 Å². The fourth-order valence-corrected chi connectivity index (χ4v) is 3.67. The van der Waals surface area contributed by atoms with Gasteiger partial charge in [0, 0.05) is 36.3 Å². The number of rotatable bonds is 6. The van der Waals surface area contributed by atoms with Crippen LogP contribution in [0.5, 0.6) is 0 Å². The number of amides is 2. The fourth-order valence-electron chi connectivity index (χ4n) is 3.67. The number of anilines is 1. The number of nitrogens with zero attached hydrogens (tertiary/aromatic N) is 1. The smallest absolute Gasteiger partial charge is 0.256 e. The Morgan fingerprint density at radius 3 is 2.39 bits per heavy atom. The van der Waals surface area contributed by atoms with Crippen molar-refractivity contribution in [2.45, 2.75) is 19.4 Å². The highest BCUT2D eigenvalue weighted by atomic mass is 19.1. The van der Waals surface area contributed by atoms with Gasteiger partial charge in [-0.05, 0) is 54.4 Å². The number of hydrogen-bond donors (Lipinski definition) is 1. The molecule has 2 amide bonds. The molecule has 6 heteroatoms. The summed E-state index contributed by atoms with van der Waals surface area (Å²) in [5, 5.41) is 2.84. The van der Waals surface area contributed by atoms with Crippen molar-refractivity contribution in [1.29, 1.82) is 0 Å². The van der Waals surface area contributed by atoms with Crippen LogP contribution < -0.4 is 5.32 Å². The van der Waals surface area contributed by atoms with Gasteiger partial charge in [0.05, 0.1) is 5.56 Å². The number of carbonyl (C=O) groups is 3. The summed E-state index contributed by atoms with van der Waals surface area (Å²) in [6.07, 6.45) is 1.45. The van der Waals surface area contributed by atoms with Crippen molar-refractivity contribution in [1.82, 2.24) is 4.90 Å². The number of carbonyl (C=O) groups excluding carboxylic acids is 3. The Labute approximate surface area is 179 Å². The number of likely N-dealkylation sites (tertiary alicyclic amines) is 1. The lowest BCUT2D eigenvalue weighted by Crippen LogP contribution is -2.24. The standard InChI is InChI=1S/C25H21FN2O3/c26-19-12-10-18(11-13-19)24(30)21-7-1-2-8-22(21)25(31)27-20-6-3-5-17(15-20)16-28-14-4-9-23(28)29/h1-3,5-8,10-13,15H,4,9,14,16H2,(H,27,31). The zero-order valence-electron chi connectivity index (χ0n) is 16.8. The van der Waals surface area contributed by atoms with Crippen molar-refractivity contribution in [2.75, 3.05) is 11.9 Å². The van der Waals surface area contributed by atoms with Crippen molar-refractivity contribution >= 4 is 23.3 Å². The molecule has 0 saturated carbocycles. The molecule has 1 fully saturated rings. The van der Waals surface area contributed by atoms with Crippen LogP contribution in [0.1, 0.15) is 44.7 Å². The van der Waals surface area contributed by atoms with Gasteiger partial charge in [0.2, 0.25) is 5.91 Å². The Bertz CT molecular complexity index is 1140. The van der Waals surface area contributed by atoms with Gasteiger partial charge in [0.25, 0.3) is 5.91 Å². The van der Waals surface area contributed by atoms with Crippen LogP contribution in [-0.4, -0.2) is 29.0 Å². The molecule has 0 spiro atoms. The summed E-state index contributed by atoms with van der Waals surface area (Å²) in [4.78, 5) is 39.5. The maximum atomic E-state index is 13.2. The van der Waals surface area contributed by atoms with E-state index in [1.807, 2.05) is 18.2 Å². The highest BCUT2D eigenvalue weighted by Gasteiger charge is 2.21. The monoisotopic (exact) mass is 416 g/mol. The third kappa shape index (κ3) is 4.69. The quantitative estimate of drug-likeness (QED) is 0.605. The largest absolute Gasteiger partial charge is 0.338 e. The van der Waals surface area contributed by atoms with Crippen molar-refractivity contribution in [3.8, 4) is 0 Å². The second-order valence-electron chi connectivity index (χ2n) is 7.45. The van der Waals surface area contributed by atoms with Crippen LogP contribution in [0.4, 0.5) is 10.1 Å². The van der Waals surface area contributed by atoms with E-state index in [1.54, 1.807) is 35.2 Å². The average Bonchev–Trinajstić information content (AvgIpc) is 3.18. The minimum absolute atomic E-state index is 0.141. The minimum Gasteiger partial charge on any atom is -0.338 e. The Morgan fingerprint density at radius 2 is 1.68 bits per heavy atom. The van der Waals surface area contributed by atoms with E-state index in [0.717, 1.165) is 18.5 Å². The van der Waals surface area contributed by atoms with Crippen molar-refractivity contribution in [3.63, 3.8) is 0 Å². The predicted molar refractivity (Wildman–Crippen MR) is 115 cm³/mol. The van der Waals surface area contributed by atoms with E-state index in [4.69, 9.17) is 0 Å². The summed E-state index contributed by atoms with van der Waals surface area (Å²) in [5.41, 5.74) is 2.28. The van der Waals surface area contributed by atoms with E-state index < -0.39 is 11.7 Å². The van der Waals surface area contributed by atoms with E-state index in [0.29, 0.717) is 24.2 Å². The molecule has 4 rings (SSSR count). The van der Waals surface area contributed by atoms with Crippen molar-refractivity contribution in [2.24, 2.45) is 0 Å². The second-order valence-corrected chi connectivity index (χ2v) is 7.45. The van der Waals surface area contributed by atoms with Crippen LogP contribution in [0.2, 0.25) is 0 Å². The number of halogens is 1. The first kappa shape index (κ1) is 20.5. The molecule has 31 heavy (non-hydrogen) atoms. The maximum absolute atomic E-state index is 13.2. The normalized spacial score (nSPS) is 13.3. The van der Waals surface area contributed by atoms with E-state index in [9.17, 15) is 18.8 Å².